The van der Waals surface area contributed by atoms with Gasteiger partial charge in [-0.3, -0.25) is 9.59 Å². The number of pyridine rings is 1. The van der Waals surface area contributed by atoms with E-state index in [1.165, 1.54) is 43.5 Å². The Balaban J connectivity index is 2.23. The molecule has 4 nitrogen and oxygen atoms in total. The van der Waals surface area contributed by atoms with Crippen LogP contribution in [0.5, 0.6) is 0 Å². The van der Waals surface area contributed by atoms with Crippen molar-refractivity contribution in [1.29, 1.82) is 0 Å². The van der Waals surface area contributed by atoms with Crippen LogP contribution < -0.4 is 10.9 Å². The first-order valence-corrected chi connectivity index (χ1v) is 6.77. The third-order valence-corrected chi connectivity index (χ3v) is 3.35. The van der Waals surface area contributed by atoms with Gasteiger partial charge in [0.1, 0.15) is 16.9 Å². The normalized spacial score (nSPS) is 12.0. The van der Waals surface area contributed by atoms with E-state index in [2.05, 4.69) is 5.32 Å². The molecule has 1 aromatic heterocycles. The molecule has 1 N–H and O–H groups in total. The van der Waals surface area contributed by atoms with Crippen molar-refractivity contribution in [3.05, 3.63) is 62.7 Å². The van der Waals surface area contributed by atoms with Crippen LogP contribution in [0.15, 0.2) is 41.3 Å². The van der Waals surface area contributed by atoms with Gasteiger partial charge in [-0.25, -0.2) is 4.39 Å². The molecule has 0 aliphatic rings. The number of hydrogen-bond acceptors (Lipinski definition) is 2. The van der Waals surface area contributed by atoms with Crippen LogP contribution in [-0.2, 0) is 4.79 Å². The van der Waals surface area contributed by atoms with Gasteiger partial charge in [-0.2, -0.15) is 0 Å². The topological polar surface area (TPSA) is 51.1 Å². The van der Waals surface area contributed by atoms with E-state index in [1.54, 1.807) is 0 Å². The number of carbonyl (C=O) groups excluding carboxylic acids is 1. The number of amides is 1. The Morgan fingerprint density at radius 1 is 1.29 bits per heavy atom. The van der Waals surface area contributed by atoms with Gasteiger partial charge in [-0.1, -0.05) is 23.2 Å². The summed E-state index contributed by atoms with van der Waals surface area (Å²) in [7, 11) is 0. The van der Waals surface area contributed by atoms with E-state index in [0.29, 0.717) is 5.69 Å². The molecule has 0 saturated carbocycles. The monoisotopic (exact) mass is 328 g/mol. The van der Waals surface area contributed by atoms with E-state index in [9.17, 15) is 14.0 Å². The third-order valence-electron chi connectivity index (χ3n) is 2.87. The first-order valence-electron chi connectivity index (χ1n) is 6.02. The molecule has 21 heavy (non-hydrogen) atoms. The predicted molar refractivity (Wildman–Crippen MR) is 80.5 cm³/mol. The lowest BCUT2D eigenvalue weighted by atomic mass is 10.2. The van der Waals surface area contributed by atoms with E-state index in [4.69, 9.17) is 23.2 Å². The molecular weight excluding hydrogens is 318 g/mol. The van der Waals surface area contributed by atoms with E-state index in [0.717, 1.165) is 4.57 Å². The summed E-state index contributed by atoms with van der Waals surface area (Å²) in [5.41, 5.74) is -0.0859. The highest BCUT2D eigenvalue weighted by molar-refractivity contribution is 6.34. The zero-order chi connectivity index (χ0) is 15.6. The summed E-state index contributed by atoms with van der Waals surface area (Å²) in [6.45, 7) is 1.53. The van der Waals surface area contributed by atoms with Crippen molar-refractivity contribution in [2.75, 3.05) is 5.32 Å². The van der Waals surface area contributed by atoms with E-state index < -0.39 is 23.3 Å². The first kappa shape index (κ1) is 15.5. The van der Waals surface area contributed by atoms with Crippen LogP contribution in [0.1, 0.15) is 13.0 Å². The molecule has 0 fully saturated rings. The number of aromatic nitrogens is 1. The molecule has 1 unspecified atom stereocenters. The maximum atomic E-state index is 12.8. The minimum atomic E-state index is -0.821. The van der Waals surface area contributed by atoms with E-state index in [-0.39, 0.29) is 10.0 Å². The maximum absolute atomic E-state index is 12.8. The van der Waals surface area contributed by atoms with Crippen LogP contribution in [0.2, 0.25) is 10.0 Å². The number of benzene rings is 1. The molecule has 1 aromatic carbocycles. The molecule has 0 aliphatic carbocycles. The number of carbonyl (C=O) groups is 1. The minimum absolute atomic E-state index is 0.0658. The summed E-state index contributed by atoms with van der Waals surface area (Å²) in [5.74, 6) is -0.846. The number of hydrogen-bond donors (Lipinski definition) is 1. The van der Waals surface area contributed by atoms with Crippen LogP contribution in [-0.4, -0.2) is 10.5 Å². The van der Waals surface area contributed by atoms with Crippen molar-refractivity contribution in [3.8, 4) is 0 Å². The van der Waals surface area contributed by atoms with Gasteiger partial charge < -0.3 is 9.88 Å². The SMILES string of the molecule is CC(C(=O)Nc1ccc(F)cc1)n1cc(Cl)cc(Cl)c1=O. The van der Waals surface area contributed by atoms with Crippen molar-refractivity contribution in [2.45, 2.75) is 13.0 Å². The molecule has 0 radical (unpaired) electrons. The lowest BCUT2D eigenvalue weighted by molar-refractivity contribution is -0.118. The summed E-state index contributed by atoms with van der Waals surface area (Å²) >= 11 is 11.6. The molecular formula is C14H11Cl2FN2O2. The van der Waals surface area contributed by atoms with Crippen molar-refractivity contribution in [3.63, 3.8) is 0 Å². The fourth-order valence-corrected chi connectivity index (χ4v) is 2.21. The third kappa shape index (κ3) is 3.62. The maximum Gasteiger partial charge on any atom is 0.270 e. The fraction of sp³-hybridized carbons (Fsp3) is 0.143. The lowest BCUT2D eigenvalue weighted by Gasteiger charge is -2.15. The summed E-state index contributed by atoms with van der Waals surface area (Å²) in [5, 5.41) is 2.77. The first-order chi connectivity index (χ1) is 9.88. The lowest BCUT2D eigenvalue weighted by Crippen LogP contribution is -2.31. The second-order valence-electron chi connectivity index (χ2n) is 4.39. The van der Waals surface area contributed by atoms with Crippen molar-refractivity contribution >= 4 is 34.8 Å². The van der Waals surface area contributed by atoms with Gasteiger partial charge in [0.25, 0.3) is 5.56 Å². The average molecular weight is 329 g/mol. The molecule has 1 atom stereocenters. The van der Waals surface area contributed by atoms with Gasteiger partial charge in [-0.15, -0.1) is 0 Å². The minimum Gasteiger partial charge on any atom is -0.324 e. The quantitative estimate of drug-likeness (QED) is 0.937. The van der Waals surface area contributed by atoms with Gasteiger partial charge in [0.15, 0.2) is 0 Å². The van der Waals surface area contributed by atoms with Crippen molar-refractivity contribution in [1.82, 2.24) is 4.57 Å². The second-order valence-corrected chi connectivity index (χ2v) is 5.23. The van der Waals surface area contributed by atoms with Gasteiger partial charge in [0.2, 0.25) is 5.91 Å². The van der Waals surface area contributed by atoms with Crippen LogP contribution in [0, 0.1) is 5.82 Å². The summed E-state index contributed by atoms with van der Waals surface area (Å²) in [6.07, 6.45) is 1.34. The molecule has 2 rings (SSSR count). The number of halogens is 3. The van der Waals surface area contributed by atoms with Crippen LogP contribution in [0.3, 0.4) is 0 Å². The average Bonchev–Trinajstić information content (AvgIpc) is 2.44. The largest absolute Gasteiger partial charge is 0.324 e. The Kier molecular flexibility index (Phi) is 4.65. The van der Waals surface area contributed by atoms with E-state index in [1.807, 2.05) is 0 Å². The highest BCUT2D eigenvalue weighted by Crippen LogP contribution is 2.16. The van der Waals surface area contributed by atoms with Crippen molar-refractivity contribution in [2.24, 2.45) is 0 Å². The number of rotatable bonds is 3. The Morgan fingerprint density at radius 3 is 2.52 bits per heavy atom. The molecule has 0 bridgehead atoms. The van der Waals surface area contributed by atoms with Gasteiger partial charge in [-0.05, 0) is 37.3 Å². The Morgan fingerprint density at radius 2 is 1.90 bits per heavy atom. The van der Waals surface area contributed by atoms with Gasteiger partial charge in [0.05, 0.1) is 5.02 Å². The van der Waals surface area contributed by atoms with Crippen LogP contribution in [0.4, 0.5) is 10.1 Å². The standard InChI is InChI=1S/C14H11Cl2FN2O2/c1-8(19-7-9(15)6-12(16)14(19)21)13(20)18-11-4-2-10(17)3-5-11/h2-8H,1H3,(H,18,20). The number of nitrogens with zero attached hydrogens (tertiary/aromatic N) is 1. The molecule has 7 heteroatoms. The fourth-order valence-electron chi connectivity index (χ4n) is 1.73. The number of nitrogens with one attached hydrogen (secondary N) is 1. The molecule has 110 valence electrons. The predicted octanol–water partition coefficient (Wildman–Crippen LogP) is 3.49. The summed E-state index contributed by atoms with van der Waals surface area (Å²) in [4.78, 5) is 24.0. The zero-order valence-corrected chi connectivity index (χ0v) is 12.5. The second kappa shape index (κ2) is 6.28. The molecule has 1 amide bonds. The summed E-state index contributed by atoms with van der Waals surface area (Å²) < 4.78 is 13.9. The van der Waals surface area contributed by atoms with Crippen LogP contribution >= 0.6 is 23.2 Å². The molecule has 0 saturated heterocycles. The van der Waals surface area contributed by atoms with Gasteiger partial charge >= 0.3 is 0 Å². The highest BCUT2D eigenvalue weighted by Gasteiger charge is 2.18. The molecule has 2 aromatic rings. The van der Waals surface area contributed by atoms with Crippen molar-refractivity contribution < 1.29 is 9.18 Å². The Bertz CT molecular complexity index is 729. The summed E-state index contributed by atoms with van der Waals surface area (Å²) in [6, 6.07) is 5.79. The van der Waals surface area contributed by atoms with E-state index >= 15 is 0 Å². The molecule has 0 aliphatic heterocycles. The highest BCUT2D eigenvalue weighted by atomic mass is 35.5. The molecule has 1 heterocycles. The van der Waals surface area contributed by atoms with Crippen LogP contribution in [0.25, 0.3) is 0 Å². The smallest absolute Gasteiger partial charge is 0.270 e. The Hall–Kier alpha value is -1.85. The zero-order valence-electron chi connectivity index (χ0n) is 10.9. The number of anilines is 1. The Labute approximate surface area is 130 Å². The molecule has 0 spiro atoms. The van der Waals surface area contributed by atoms with Gasteiger partial charge in [0, 0.05) is 11.9 Å².